The molecule has 3 nitrogen and oxygen atoms in total. The lowest BCUT2D eigenvalue weighted by Crippen LogP contribution is -2.41. The molecule has 5 heteroatoms. The summed E-state index contributed by atoms with van der Waals surface area (Å²) >= 11 is 8.10. The van der Waals surface area contributed by atoms with Crippen LogP contribution in [0.1, 0.15) is 18.3 Å². The van der Waals surface area contributed by atoms with Crippen molar-refractivity contribution in [1.29, 1.82) is 0 Å². The van der Waals surface area contributed by atoms with Crippen molar-refractivity contribution in [3.8, 4) is 0 Å². The summed E-state index contributed by atoms with van der Waals surface area (Å²) in [6.45, 7) is 7.15. The van der Waals surface area contributed by atoms with Crippen molar-refractivity contribution in [2.24, 2.45) is 0 Å². The monoisotopic (exact) mass is 257 g/mol. The van der Waals surface area contributed by atoms with Gasteiger partial charge in [0, 0.05) is 29.7 Å². The molecule has 16 heavy (non-hydrogen) atoms. The third-order valence-corrected chi connectivity index (χ3v) is 4.37. The van der Waals surface area contributed by atoms with Crippen molar-refractivity contribution in [2.45, 2.75) is 26.8 Å². The predicted molar refractivity (Wildman–Crippen MR) is 70.6 cm³/mol. The Labute approximate surface area is 106 Å². The van der Waals surface area contributed by atoms with Crippen LogP contribution in [0.15, 0.2) is 0 Å². The smallest absolute Gasteiger partial charge is 0.137 e. The number of rotatable bonds is 1. The summed E-state index contributed by atoms with van der Waals surface area (Å²) in [6, 6.07) is 0.516. The van der Waals surface area contributed by atoms with E-state index >= 15 is 0 Å². The van der Waals surface area contributed by atoms with Crippen molar-refractivity contribution in [1.82, 2.24) is 9.97 Å². The molecule has 0 N–H and O–H groups in total. The van der Waals surface area contributed by atoms with Gasteiger partial charge in [-0.15, -0.1) is 0 Å². The van der Waals surface area contributed by atoms with Crippen LogP contribution < -0.4 is 4.90 Å². The van der Waals surface area contributed by atoms with Gasteiger partial charge in [-0.1, -0.05) is 11.6 Å². The number of nitrogens with zero attached hydrogens (tertiary/aromatic N) is 3. The first-order chi connectivity index (χ1) is 7.59. The van der Waals surface area contributed by atoms with E-state index in [-0.39, 0.29) is 0 Å². The van der Waals surface area contributed by atoms with E-state index in [1.807, 2.05) is 25.6 Å². The molecule has 0 saturated carbocycles. The molecule has 0 aromatic carbocycles. The van der Waals surface area contributed by atoms with Crippen LogP contribution in [-0.2, 0) is 0 Å². The standard InChI is InChI=1S/C11H16ClN3S/c1-7-6-16-5-4-15(7)11-8(2)10(12)13-9(3)14-11/h7H,4-6H2,1-3H3. The van der Waals surface area contributed by atoms with Gasteiger partial charge in [-0.05, 0) is 20.8 Å². The van der Waals surface area contributed by atoms with E-state index in [0.29, 0.717) is 11.2 Å². The summed E-state index contributed by atoms with van der Waals surface area (Å²) in [5, 5.41) is 0.577. The average molecular weight is 258 g/mol. The normalized spacial score (nSPS) is 21.2. The second-order valence-corrected chi connectivity index (χ2v) is 5.64. The quantitative estimate of drug-likeness (QED) is 0.724. The van der Waals surface area contributed by atoms with Crippen LogP contribution in [0.4, 0.5) is 5.82 Å². The maximum Gasteiger partial charge on any atom is 0.137 e. The lowest BCUT2D eigenvalue weighted by Gasteiger charge is -2.35. The maximum absolute atomic E-state index is 6.10. The van der Waals surface area contributed by atoms with E-state index in [1.54, 1.807) is 0 Å². The molecule has 88 valence electrons. The largest absolute Gasteiger partial charge is 0.352 e. The third kappa shape index (κ3) is 2.28. The van der Waals surface area contributed by atoms with Crippen LogP contribution in [0.2, 0.25) is 5.15 Å². The van der Waals surface area contributed by atoms with E-state index in [2.05, 4.69) is 21.8 Å². The molecule has 1 fully saturated rings. The molecule has 1 unspecified atom stereocenters. The number of halogens is 1. The van der Waals surface area contributed by atoms with Crippen molar-refractivity contribution < 1.29 is 0 Å². The fourth-order valence-electron chi connectivity index (χ4n) is 1.90. The van der Waals surface area contributed by atoms with Crippen LogP contribution in [0.5, 0.6) is 0 Å². The van der Waals surface area contributed by atoms with Gasteiger partial charge in [0.2, 0.25) is 0 Å². The Morgan fingerprint density at radius 1 is 1.38 bits per heavy atom. The fourth-order valence-corrected chi connectivity index (χ4v) is 3.12. The fraction of sp³-hybridized carbons (Fsp3) is 0.636. The molecule has 1 atom stereocenters. The van der Waals surface area contributed by atoms with Gasteiger partial charge in [0.1, 0.15) is 16.8 Å². The molecule has 1 aromatic heterocycles. The van der Waals surface area contributed by atoms with E-state index in [1.165, 1.54) is 0 Å². The van der Waals surface area contributed by atoms with Gasteiger partial charge >= 0.3 is 0 Å². The molecular formula is C11H16ClN3S. The van der Waals surface area contributed by atoms with Crippen molar-refractivity contribution >= 4 is 29.2 Å². The van der Waals surface area contributed by atoms with Crippen LogP contribution >= 0.6 is 23.4 Å². The summed E-state index contributed by atoms with van der Waals surface area (Å²) in [6.07, 6.45) is 0. The van der Waals surface area contributed by atoms with E-state index in [0.717, 1.165) is 35.3 Å². The first-order valence-corrected chi connectivity index (χ1v) is 6.98. The number of aryl methyl sites for hydroxylation is 1. The van der Waals surface area contributed by atoms with Crippen molar-refractivity contribution in [3.05, 3.63) is 16.5 Å². The molecule has 1 aromatic rings. The van der Waals surface area contributed by atoms with Crippen LogP contribution in [0, 0.1) is 13.8 Å². The topological polar surface area (TPSA) is 29.0 Å². The Morgan fingerprint density at radius 3 is 2.81 bits per heavy atom. The highest BCUT2D eigenvalue weighted by atomic mass is 35.5. The zero-order valence-electron chi connectivity index (χ0n) is 9.83. The zero-order chi connectivity index (χ0) is 11.7. The van der Waals surface area contributed by atoms with Gasteiger partial charge in [0.15, 0.2) is 0 Å². The van der Waals surface area contributed by atoms with E-state index in [9.17, 15) is 0 Å². The van der Waals surface area contributed by atoms with Gasteiger partial charge < -0.3 is 4.90 Å². The van der Waals surface area contributed by atoms with Gasteiger partial charge in [-0.2, -0.15) is 11.8 Å². The molecule has 1 aliphatic heterocycles. The third-order valence-electron chi connectivity index (χ3n) is 2.81. The molecule has 0 radical (unpaired) electrons. The average Bonchev–Trinajstić information content (AvgIpc) is 2.24. The van der Waals surface area contributed by atoms with Gasteiger partial charge in [-0.25, -0.2) is 9.97 Å². The summed E-state index contributed by atoms with van der Waals surface area (Å²) in [4.78, 5) is 11.0. The van der Waals surface area contributed by atoms with Gasteiger partial charge in [0.25, 0.3) is 0 Å². The van der Waals surface area contributed by atoms with Crippen molar-refractivity contribution in [2.75, 3.05) is 23.0 Å². The van der Waals surface area contributed by atoms with Gasteiger partial charge in [0.05, 0.1) is 0 Å². The zero-order valence-corrected chi connectivity index (χ0v) is 11.4. The Morgan fingerprint density at radius 2 is 2.12 bits per heavy atom. The highest BCUT2D eigenvalue weighted by Crippen LogP contribution is 2.28. The minimum Gasteiger partial charge on any atom is -0.352 e. The first kappa shape index (κ1) is 12.0. The maximum atomic E-state index is 6.10. The Balaban J connectivity index is 2.38. The molecule has 0 spiro atoms. The number of hydrogen-bond acceptors (Lipinski definition) is 4. The summed E-state index contributed by atoms with van der Waals surface area (Å²) < 4.78 is 0. The van der Waals surface area contributed by atoms with E-state index in [4.69, 9.17) is 11.6 Å². The molecule has 0 bridgehead atoms. The molecule has 1 saturated heterocycles. The minimum atomic E-state index is 0.516. The summed E-state index contributed by atoms with van der Waals surface area (Å²) in [5.41, 5.74) is 0.992. The minimum absolute atomic E-state index is 0.516. The Kier molecular flexibility index (Phi) is 3.60. The van der Waals surface area contributed by atoms with Crippen LogP contribution in [0.3, 0.4) is 0 Å². The van der Waals surface area contributed by atoms with Crippen molar-refractivity contribution in [3.63, 3.8) is 0 Å². The molecule has 2 heterocycles. The lowest BCUT2D eigenvalue weighted by molar-refractivity contribution is 0.683. The number of thioether (sulfide) groups is 1. The molecular weight excluding hydrogens is 242 g/mol. The summed E-state index contributed by atoms with van der Waals surface area (Å²) in [5.74, 6) is 4.06. The Bertz CT molecular complexity index is 397. The molecule has 0 amide bonds. The van der Waals surface area contributed by atoms with Crippen LogP contribution in [-0.4, -0.2) is 34.1 Å². The summed E-state index contributed by atoms with van der Waals surface area (Å²) in [7, 11) is 0. The lowest BCUT2D eigenvalue weighted by atomic mass is 10.2. The van der Waals surface area contributed by atoms with E-state index < -0.39 is 0 Å². The number of aromatic nitrogens is 2. The first-order valence-electron chi connectivity index (χ1n) is 5.44. The Hall–Kier alpha value is -0.480. The van der Waals surface area contributed by atoms with Gasteiger partial charge in [-0.3, -0.25) is 0 Å². The SMILES string of the molecule is Cc1nc(Cl)c(C)c(N2CCSCC2C)n1. The molecule has 0 aliphatic carbocycles. The number of anilines is 1. The molecule has 2 rings (SSSR count). The van der Waals surface area contributed by atoms with Crippen LogP contribution in [0.25, 0.3) is 0 Å². The highest BCUT2D eigenvalue weighted by Gasteiger charge is 2.22. The second-order valence-electron chi connectivity index (χ2n) is 4.13. The highest BCUT2D eigenvalue weighted by molar-refractivity contribution is 7.99. The number of hydrogen-bond donors (Lipinski definition) is 0. The predicted octanol–water partition coefficient (Wildman–Crippen LogP) is 2.69. The molecule has 1 aliphatic rings. The second kappa shape index (κ2) is 4.80.